The summed E-state index contributed by atoms with van der Waals surface area (Å²) in [5.41, 5.74) is 1.31. The van der Waals surface area contributed by atoms with Crippen molar-refractivity contribution in [2.24, 2.45) is 0 Å². The molecule has 0 saturated heterocycles. The Hall–Kier alpha value is -1.77. The normalized spacial score (nSPS) is 10.6. The zero-order valence-electron chi connectivity index (χ0n) is 8.96. The molecule has 15 heavy (non-hydrogen) atoms. The molecule has 0 N–H and O–H groups in total. The average Bonchev–Trinajstić information content (AvgIpc) is 2.55. The van der Waals surface area contributed by atoms with E-state index in [1.54, 1.807) is 13.2 Å². The van der Waals surface area contributed by atoms with Crippen LogP contribution < -0.4 is 4.74 Å². The molecule has 0 atom stereocenters. The first-order chi connectivity index (χ1) is 7.13. The molecule has 0 saturated carbocycles. The van der Waals surface area contributed by atoms with Crippen LogP contribution in [0.4, 0.5) is 0 Å². The lowest BCUT2D eigenvalue weighted by atomic mass is 10.1. The van der Waals surface area contributed by atoms with E-state index < -0.39 is 0 Å². The van der Waals surface area contributed by atoms with Gasteiger partial charge in [0, 0.05) is 5.39 Å². The van der Waals surface area contributed by atoms with Gasteiger partial charge in [-0.25, -0.2) is 0 Å². The molecule has 0 aliphatic heterocycles. The van der Waals surface area contributed by atoms with Crippen LogP contribution in [0.2, 0.25) is 0 Å². The number of furan rings is 1. The lowest BCUT2D eigenvalue weighted by Gasteiger charge is -2.05. The van der Waals surface area contributed by atoms with E-state index in [-0.39, 0.29) is 5.78 Å². The molecule has 78 valence electrons. The molecule has 0 fully saturated rings. The van der Waals surface area contributed by atoms with Crippen LogP contribution in [-0.2, 0) is 0 Å². The highest BCUT2D eigenvalue weighted by Gasteiger charge is 2.14. The fraction of sp³-hybridized carbons (Fsp3) is 0.250. The largest absolute Gasteiger partial charge is 0.496 e. The van der Waals surface area contributed by atoms with Crippen LogP contribution in [-0.4, -0.2) is 12.9 Å². The van der Waals surface area contributed by atoms with Gasteiger partial charge in [0.25, 0.3) is 0 Å². The Morgan fingerprint density at radius 2 is 2.13 bits per heavy atom. The number of hydrogen-bond acceptors (Lipinski definition) is 3. The van der Waals surface area contributed by atoms with Crippen molar-refractivity contribution in [3.8, 4) is 5.75 Å². The van der Waals surface area contributed by atoms with Crippen molar-refractivity contribution in [2.75, 3.05) is 7.11 Å². The number of ether oxygens (including phenoxy) is 1. The fourth-order valence-electron chi connectivity index (χ4n) is 1.75. The number of Topliss-reactive ketones (excluding diaryl/α,β-unsaturated/α-hetero) is 1. The van der Waals surface area contributed by atoms with Crippen LogP contribution in [0, 0.1) is 6.92 Å². The number of rotatable bonds is 2. The molecule has 3 heteroatoms. The average molecular weight is 204 g/mol. The fourth-order valence-corrected chi connectivity index (χ4v) is 1.75. The second-order valence-corrected chi connectivity index (χ2v) is 3.47. The number of benzene rings is 1. The van der Waals surface area contributed by atoms with Gasteiger partial charge in [-0.15, -0.1) is 0 Å². The number of fused-ring (bicyclic) bond motifs is 1. The number of methoxy groups -OCH3 is 1. The quantitative estimate of drug-likeness (QED) is 0.706. The molecule has 0 radical (unpaired) electrons. The Balaban J connectivity index is 2.83. The summed E-state index contributed by atoms with van der Waals surface area (Å²) < 4.78 is 10.6. The minimum Gasteiger partial charge on any atom is -0.496 e. The van der Waals surface area contributed by atoms with Crippen molar-refractivity contribution in [3.05, 3.63) is 29.5 Å². The first kappa shape index (κ1) is 9.77. The van der Waals surface area contributed by atoms with Crippen molar-refractivity contribution in [2.45, 2.75) is 13.8 Å². The third kappa shape index (κ3) is 1.50. The second-order valence-electron chi connectivity index (χ2n) is 3.47. The molecule has 0 unspecified atom stereocenters. The van der Waals surface area contributed by atoms with Gasteiger partial charge in [0.05, 0.1) is 12.7 Å². The Kier molecular flexibility index (Phi) is 2.23. The van der Waals surface area contributed by atoms with E-state index in [1.165, 1.54) is 6.92 Å². The highest BCUT2D eigenvalue weighted by atomic mass is 16.5. The van der Waals surface area contributed by atoms with Crippen LogP contribution in [0.1, 0.15) is 23.0 Å². The molecular weight excluding hydrogens is 192 g/mol. The predicted molar refractivity (Wildman–Crippen MR) is 57.5 cm³/mol. The molecule has 0 spiro atoms. The minimum atomic E-state index is -0.0155. The van der Waals surface area contributed by atoms with Crippen molar-refractivity contribution >= 4 is 16.8 Å². The van der Waals surface area contributed by atoms with Gasteiger partial charge in [0.2, 0.25) is 0 Å². The summed E-state index contributed by atoms with van der Waals surface area (Å²) in [4.78, 5) is 11.5. The third-order valence-corrected chi connectivity index (χ3v) is 2.36. The minimum absolute atomic E-state index is 0.0155. The Morgan fingerprint density at radius 3 is 2.73 bits per heavy atom. The highest BCUT2D eigenvalue weighted by Crippen LogP contribution is 2.30. The number of aryl methyl sites for hydroxylation is 1. The topological polar surface area (TPSA) is 39.4 Å². The third-order valence-electron chi connectivity index (χ3n) is 2.36. The first-order valence-electron chi connectivity index (χ1n) is 4.71. The van der Waals surface area contributed by atoms with E-state index in [1.807, 2.05) is 19.1 Å². The summed E-state index contributed by atoms with van der Waals surface area (Å²) in [6, 6.07) is 5.42. The molecule has 0 amide bonds. The smallest absolute Gasteiger partial charge is 0.164 e. The molecule has 1 heterocycles. The number of ketones is 1. The van der Waals surface area contributed by atoms with E-state index in [2.05, 4.69) is 0 Å². The second kappa shape index (κ2) is 3.42. The maximum absolute atomic E-state index is 11.5. The molecule has 1 aromatic heterocycles. The highest BCUT2D eigenvalue weighted by molar-refractivity contribution is 6.08. The van der Waals surface area contributed by atoms with Crippen LogP contribution in [0.5, 0.6) is 5.75 Å². The van der Waals surface area contributed by atoms with Crippen LogP contribution in [0.25, 0.3) is 11.0 Å². The van der Waals surface area contributed by atoms with Gasteiger partial charge >= 0.3 is 0 Å². The number of hydrogen-bond donors (Lipinski definition) is 0. The van der Waals surface area contributed by atoms with Crippen LogP contribution >= 0.6 is 0 Å². The van der Waals surface area contributed by atoms with E-state index in [0.29, 0.717) is 11.3 Å². The lowest BCUT2D eigenvalue weighted by Crippen LogP contribution is -1.97. The number of carbonyl (C=O) groups is 1. The summed E-state index contributed by atoms with van der Waals surface area (Å²) in [5.74, 6) is 1.37. The van der Waals surface area contributed by atoms with Gasteiger partial charge in [-0.05, 0) is 32.0 Å². The van der Waals surface area contributed by atoms with Gasteiger partial charge in [0.1, 0.15) is 17.1 Å². The van der Waals surface area contributed by atoms with Crippen LogP contribution in [0.3, 0.4) is 0 Å². The van der Waals surface area contributed by atoms with Crippen molar-refractivity contribution in [1.29, 1.82) is 0 Å². The molecule has 0 aliphatic carbocycles. The molecule has 1 aromatic carbocycles. The Morgan fingerprint density at radius 1 is 1.40 bits per heavy atom. The van der Waals surface area contributed by atoms with Crippen molar-refractivity contribution in [3.63, 3.8) is 0 Å². The van der Waals surface area contributed by atoms with Crippen molar-refractivity contribution < 1.29 is 13.9 Å². The van der Waals surface area contributed by atoms with Crippen molar-refractivity contribution in [1.82, 2.24) is 0 Å². The summed E-state index contributed by atoms with van der Waals surface area (Å²) >= 11 is 0. The van der Waals surface area contributed by atoms with E-state index in [4.69, 9.17) is 9.15 Å². The van der Waals surface area contributed by atoms with Gasteiger partial charge in [0.15, 0.2) is 5.78 Å². The van der Waals surface area contributed by atoms with Gasteiger partial charge in [-0.2, -0.15) is 0 Å². The maximum atomic E-state index is 11.5. The van der Waals surface area contributed by atoms with E-state index in [0.717, 1.165) is 16.7 Å². The zero-order valence-corrected chi connectivity index (χ0v) is 8.96. The van der Waals surface area contributed by atoms with Crippen LogP contribution in [0.15, 0.2) is 22.6 Å². The summed E-state index contributed by atoms with van der Waals surface area (Å²) in [7, 11) is 1.56. The molecule has 2 aromatic rings. The lowest BCUT2D eigenvalue weighted by molar-refractivity contribution is 0.101. The van der Waals surface area contributed by atoms with Gasteiger partial charge < -0.3 is 9.15 Å². The summed E-state index contributed by atoms with van der Waals surface area (Å²) in [6.07, 6.45) is 0. The van der Waals surface area contributed by atoms with E-state index >= 15 is 0 Å². The standard InChI is InChI=1S/C12H12O3/c1-7-6-9-10(15-7)4-5-11(14-3)12(9)8(2)13/h4-6H,1-3H3. The SMILES string of the molecule is COc1ccc2oc(C)cc2c1C(C)=O. The monoisotopic (exact) mass is 204 g/mol. The molecule has 3 nitrogen and oxygen atoms in total. The Bertz CT molecular complexity index is 523. The summed E-state index contributed by atoms with van der Waals surface area (Å²) in [6.45, 7) is 3.38. The van der Waals surface area contributed by atoms with E-state index in [9.17, 15) is 4.79 Å². The Labute approximate surface area is 87.6 Å². The van der Waals surface area contributed by atoms with Gasteiger partial charge in [-0.1, -0.05) is 0 Å². The maximum Gasteiger partial charge on any atom is 0.164 e. The molecule has 0 aliphatic rings. The molecule has 2 rings (SSSR count). The first-order valence-corrected chi connectivity index (χ1v) is 4.71. The predicted octanol–water partition coefficient (Wildman–Crippen LogP) is 2.95. The zero-order chi connectivity index (χ0) is 11.0. The molecular formula is C12H12O3. The summed E-state index contributed by atoms with van der Waals surface area (Å²) in [5, 5.41) is 0.819. The number of carbonyl (C=O) groups excluding carboxylic acids is 1. The van der Waals surface area contributed by atoms with Gasteiger partial charge in [-0.3, -0.25) is 4.79 Å². The molecule has 0 bridgehead atoms.